The van der Waals surface area contributed by atoms with Crippen LogP contribution in [0.25, 0.3) is 0 Å². The van der Waals surface area contributed by atoms with Crippen molar-refractivity contribution in [3.05, 3.63) is 94.8 Å². The van der Waals surface area contributed by atoms with E-state index in [1.165, 1.54) is 41.3 Å². The Kier molecular flexibility index (Phi) is 6.20. The summed E-state index contributed by atoms with van der Waals surface area (Å²) in [6, 6.07) is 17.8. The van der Waals surface area contributed by atoms with Gasteiger partial charge in [-0.15, -0.1) is 0 Å². The zero-order valence-electron chi connectivity index (χ0n) is 15.5. The van der Waals surface area contributed by atoms with Gasteiger partial charge in [0.15, 0.2) is 0 Å². The summed E-state index contributed by atoms with van der Waals surface area (Å²) in [5.41, 5.74) is 1.40. The van der Waals surface area contributed by atoms with Crippen LogP contribution in [0.15, 0.2) is 77.7 Å². The Labute approximate surface area is 173 Å². The van der Waals surface area contributed by atoms with E-state index in [4.69, 9.17) is 11.6 Å². The number of nitrogens with zero attached hydrogens (tertiary/aromatic N) is 1. The molecule has 0 fully saturated rings. The van der Waals surface area contributed by atoms with E-state index in [9.17, 15) is 17.6 Å². The number of carbonyl (C=O) groups excluding carboxylic acids is 1. The number of hydrogen-bond donors (Lipinski definition) is 1. The summed E-state index contributed by atoms with van der Waals surface area (Å²) >= 11 is 6.13. The first-order chi connectivity index (χ1) is 13.8. The predicted octanol–water partition coefficient (Wildman–Crippen LogP) is 4.55. The summed E-state index contributed by atoms with van der Waals surface area (Å²) in [4.78, 5) is 14.1. The quantitative estimate of drug-likeness (QED) is 0.621. The highest BCUT2D eigenvalue weighted by Crippen LogP contribution is 2.20. The lowest BCUT2D eigenvalue weighted by Gasteiger charge is -2.18. The monoisotopic (exact) mass is 432 g/mol. The number of rotatable bonds is 6. The first-order valence-corrected chi connectivity index (χ1v) is 10.5. The summed E-state index contributed by atoms with van der Waals surface area (Å²) in [6.45, 7) is 0.324. The molecule has 3 aromatic carbocycles. The molecule has 0 radical (unpaired) electrons. The third-order valence-corrected chi connectivity index (χ3v) is 5.99. The Morgan fingerprint density at radius 1 is 1.00 bits per heavy atom. The number of halogens is 2. The lowest BCUT2D eigenvalue weighted by atomic mass is 10.1. The first kappa shape index (κ1) is 20.8. The molecule has 29 heavy (non-hydrogen) atoms. The summed E-state index contributed by atoms with van der Waals surface area (Å²) in [5, 5.41) is 0.570. The van der Waals surface area contributed by atoms with Gasteiger partial charge in [0, 0.05) is 29.9 Å². The highest BCUT2D eigenvalue weighted by Gasteiger charge is 2.17. The first-order valence-electron chi connectivity index (χ1n) is 8.63. The zero-order chi connectivity index (χ0) is 21.0. The largest absolute Gasteiger partial charge is 0.337 e. The van der Waals surface area contributed by atoms with Gasteiger partial charge in [-0.3, -0.25) is 9.52 Å². The highest BCUT2D eigenvalue weighted by atomic mass is 35.5. The smallest absolute Gasteiger partial charge is 0.261 e. The van der Waals surface area contributed by atoms with E-state index in [1.807, 2.05) is 18.2 Å². The molecule has 0 unspecified atom stereocenters. The van der Waals surface area contributed by atoms with Crippen LogP contribution >= 0.6 is 11.6 Å². The van der Waals surface area contributed by atoms with Crippen molar-refractivity contribution in [2.24, 2.45) is 0 Å². The average molecular weight is 433 g/mol. The van der Waals surface area contributed by atoms with E-state index < -0.39 is 15.8 Å². The van der Waals surface area contributed by atoms with Crippen molar-refractivity contribution in [2.75, 3.05) is 11.8 Å². The van der Waals surface area contributed by atoms with Crippen molar-refractivity contribution in [3.8, 4) is 0 Å². The Bertz CT molecular complexity index is 1120. The Morgan fingerprint density at radius 3 is 2.24 bits per heavy atom. The van der Waals surface area contributed by atoms with Crippen LogP contribution in [0.3, 0.4) is 0 Å². The number of benzene rings is 3. The molecule has 0 spiro atoms. The van der Waals surface area contributed by atoms with Gasteiger partial charge in [0.1, 0.15) is 5.82 Å². The topological polar surface area (TPSA) is 66.5 Å². The van der Waals surface area contributed by atoms with E-state index in [-0.39, 0.29) is 16.5 Å². The molecule has 0 heterocycles. The van der Waals surface area contributed by atoms with E-state index >= 15 is 0 Å². The molecule has 3 aromatic rings. The molecule has 0 atom stereocenters. The van der Waals surface area contributed by atoms with Gasteiger partial charge in [0.25, 0.3) is 15.9 Å². The third kappa shape index (κ3) is 5.13. The SMILES string of the molecule is CN(Cc1ccccc1Cl)C(=O)c1ccc(S(=O)(=O)Nc2ccc(F)cc2)cc1. The van der Waals surface area contributed by atoms with Gasteiger partial charge in [-0.05, 0) is 60.2 Å². The molecule has 0 aliphatic rings. The molecule has 0 aliphatic heterocycles. The zero-order valence-corrected chi connectivity index (χ0v) is 17.0. The van der Waals surface area contributed by atoms with Crippen LogP contribution in [0.5, 0.6) is 0 Å². The van der Waals surface area contributed by atoms with Gasteiger partial charge in [-0.2, -0.15) is 0 Å². The standard InChI is InChI=1S/C21H18ClFN2O3S/c1-25(14-16-4-2-3-5-20(16)22)21(26)15-6-12-19(13-7-15)29(27,28)24-18-10-8-17(23)9-11-18/h2-13,24H,14H2,1H3. The second-order valence-electron chi connectivity index (χ2n) is 6.39. The predicted molar refractivity (Wildman–Crippen MR) is 111 cm³/mol. The van der Waals surface area contributed by atoms with Crippen molar-refractivity contribution in [1.82, 2.24) is 4.90 Å². The molecule has 0 aliphatic carbocycles. The van der Waals surface area contributed by atoms with Crippen molar-refractivity contribution in [2.45, 2.75) is 11.4 Å². The van der Waals surface area contributed by atoms with E-state index in [0.29, 0.717) is 17.1 Å². The molecular weight excluding hydrogens is 415 g/mol. The molecule has 0 aromatic heterocycles. The van der Waals surface area contributed by atoms with Crippen molar-refractivity contribution in [1.29, 1.82) is 0 Å². The molecule has 1 amide bonds. The fraction of sp³-hybridized carbons (Fsp3) is 0.0952. The number of nitrogens with one attached hydrogen (secondary N) is 1. The average Bonchev–Trinajstić information content (AvgIpc) is 2.71. The molecule has 5 nitrogen and oxygen atoms in total. The molecular formula is C21H18ClFN2O3S. The lowest BCUT2D eigenvalue weighted by Crippen LogP contribution is -2.26. The maximum Gasteiger partial charge on any atom is 0.261 e. The Morgan fingerprint density at radius 2 is 1.62 bits per heavy atom. The molecule has 8 heteroatoms. The lowest BCUT2D eigenvalue weighted by molar-refractivity contribution is 0.0785. The van der Waals surface area contributed by atoms with Crippen molar-refractivity contribution < 1.29 is 17.6 Å². The van der Waals surface area contributed by atoms with E-state index in [0.717, 1.165) is 17.7 Å². The van der Waals surface area contributed by atoms with Gasteiger partial charge in [0.05, 0.1) is 4.90 Å². The van der Waals surface area contributed by atoms with E-state index in [2.05, 4.69) is 4.72 Å². The second-order valence-corrected chi connectivity index (χ2v) is 8.48. The number of hydrogen-bond acceptors (Lipinski definition) is 3. The molecule has 150 valence electrons. The fourth-order valence-electron chi connectivity index (χ4n) is 2.68. The van der Waals surface area contributed by atoms with Crippen LogP contribution in [-0.2, 0) is 16.6 Å². The Balaban J connectivity index is 1.72. The maximum atomic E-state index is 13.0. The minimum Gasteiger partial charge on any atom is -0.337 e. The molecule has 0 saturated carbocycles. The summed E-state index contributed by atoms with van der Waals surface area (Å²) in [6.07, 6.45) is 0. The summed E-state index contributed by atoms with van der Waals surface area (Å²) < 4.78 is 40.3. The maximum absolute atomic E-state index is 13.0. The minimum atomic E-state index is -3.86. The minimum absolute atomic E-state index is 0.00729. The van der Waals surface area contributed by atoms with Crippen molar-refractivity contribution >= 4 is 33.2 Å². The van der Waals surface area contributed by atoms with Gasteiger partial charge in [-0.25, -0.2) is 12.8 Å². The van der Waals surface area contributed by atoms with Crippen molar-refractivity contribution in [3.63, 3.8) is 0 Å². The fourth-order valence-corrected chi connectivity index (χ4v) is 3.94. The number of carbonyl (C=O) groups is 1. The van der Waals surface area contributed by atoms with Gasteiger partial charge in [-0.1, -0.05) is 29.8 Å². The van der Waals surface area contributed by atoms with Gasteiger partial charge < -0.3 is 4.90 Å². The number of amides is 1. The second kappa shape index (κ2) is 8.63. The molecule has 0 bridgehead atoms. The Hall–Kier alpha value is -2.90. The summed E-state index contributed by atoms with van der Waals surface area (Å²) in [5.74, 6) is -0.725. The molecule has 3 rings (SSSR count). The van der Waals surface area contributed by atoms with Crippen LogP contribution in [0.2, 0.25) is 5.02 Å². The van der Waals surface area contributed by atoms with Crippen LogP contribution in [0.4, 0.5) is 10.1 Å². The molecule has 0 saturated heterocycles. The van der Waals surface area contributed by atoms with Crippen LogP contribution in [-0.4, -0.2) is 26.3 Å². The normalized spacial score (nSPS) is 11.1. The molecule has 1 N–H and O–H groups in total. The number of anilines is 1. The van der Waals surface area contributed by atoms with E-state index in [1.54, 1.807) is 13.1 Å². The number of sulfonamides is 1. The summed E-state index contributed by atoms with van der Waals surface area (Å²) in [7, 11) is -2.21. The van der Waals surface area contributed by atoms with Gasteiger partial charge in [0.2, 0.25) is 0 Å². The van der Waals surface area contributed by atoms with Crippen LogP contribution in [0.1, 0.15) is 15.9 Å². The van der Waals surface area contributed by atoms with Gasteiger partial charge >= 0.3 is 0 Å². The van der Waals surface area contributed by atoms with Crippen LogP contribution in [0, 0.1) is 5.82 Å². The van der Waals surface area contributed by atoms with Crippen LogP contribution < -0.4 is 4.72 Å². The third-order valence-electron chi connectivity index (χ3n) is 4.22. The highest BCUT2D eigenvalue weighted by molar-refractivity contribution is 7.92.